The molecule has 0 aromatic heterocycles. The van der Waals surface area contributed by atoms with Crippen LogP contribution in [0.4, 0.5) is 0 Å². The summed E-state index contributed by atoms with van der Waals surface area (Å²) in [6, 6.07) is -0.220. The Kier molecular flexibility index (Phi) is 5.18. The van der Waals surface area contributed by atoms with Crippen molar-refractivity contribution in [1.82, 2.24) is 5.32 Å². The maximum Gasteiger partial charge on any atom is 0.154 e. The molecule has 13 heavy (non-hydrogen) atoms. The Balaban J connectivity index is 4.33. The quantitative estimate of drug-likeness (QED) is 0.674. The zero-order valence-electron chi connectivity index (χ0n) is 9.16. The minimum atomic E-state index is -0.628. The molecule has 0 heterocycles. The third kappa shape index (κ3) is 4.39. The van der Waals surface area contributed by atoms with Crippen molar-refractivity contribution in [2.24, 2.45) is 5.92 Å². The van der Waals surface area contributed by atoms with Gasteiger partial charge in [-0.15, -0.1) is 0 Å². The van der Waals surface area contributed by atoms with Crippen LogP contribution in [-0.4, -0.2) is 29.1 Å². The van der Waals surface area contributed by atoms with Crippen molar-refractivity contribution < 1.29 is 9.90 Å². The minimum absolute atomic E-state index is 0.0363. The standard InChI is InChI=1S/C10H21NO2/c1-6(2)10(13)9(8(5)12)11-7(3)4/h6-9,11-12H,1-5H3/t8?,9-/m1/s1. The van der Waals surface area contributed by atoms with Gasteiger partial charge in [-0.1, -0.05) is 27.7 Å². The molecule has 0 saturated heterocycles. The lowest BCUT2D eigenvalue weighted by atomic mass is 9.97. The van der Waals surface area contributed by atoms with Crippen LogP contribution in [0.3, 0.4) is 0 Å². The smallest absolute Gasteiger partial charge is 0.154 e. The van der Waals surface area contributed by atoms with Gasteiger partial charge in [-0.05, 0) is 6.92 Å². The van der Waals surface area contributed by atoms with Crippen molar-refractivity contribution in [3.8, 4) is 0 Å². The average molecular weight is 187 g/mol. The highest BCUT2D eigenvalue weighted by molar-refractivity contribution is 5.86. The van der Waals surface area contributed by atoms with Crippen LogP contribution in [0.5, 0.6) is 0 Å². The van der Waals surface area contributed by atoms with Crippen LogP contribution in [0, 0.1) is 5.92 Å². The maximum absolute atomic E-state index is 11.6. The first kappa shape index (κ1) is 12.6. The van der Waals surface area contributed by atoms with Crippen molar-refractivity contribution in [3.63, 3.8) is 0 Å². The predicted octanol–water partition coefficient (Wildman–Crippen LogP) is 0.959. The van der Waals surface area contributed by atoms with E-state index in [0.717, 1.165) is 0 Å². The Morgan fingerprint density at radius 3 is 1.85 bits per heavy atom. The summed E-state index contributed by atoms with van der Waals surface area (Å²) < 4.78 is 0. The molecule has 2 N–H and O–H groups in total. The molecule has 0 spiro atoms. The van der Waals surface area contributed by atoms with E-state index in [4.69, 9.17) is 0 Å². The summed E-state index contributed by atoms with van der Waals surface area (Å²) in [5.74, 6) is 0.0366. The Bertz CT molecular complexity index is 164. The van der Waals surface area contributed by atoms with Crippen LogP contribution in [0.25, 0.3) is 0 Å². The lowest BCUT2D eigenvalue weighted by Gasteiger charge is -2.24. The lowest BCUT2D eigenvalue weighted by molar-refractivity contribution is -0.126. The number of carbonyl (C=O) groups excluding carboxylic acids is 1. The van der Waals surface area contributed by atoms with E-state index in [0.29, 0.717) is 0 Å². The van der Waals surface area contributed by atoms with Gasteiger partial charge in [0.25, 0.3) is 0 Å². The third-order valence-electron chi connectivity index (χ3n) is 1.87. The zero-order valence-corrected chi connectivity index (χ0v) is 9.16. The number of aliphatic hydroxyl groups is 1. The summed E-state index contributed by atoms with van der Waals surface area (Å²) in [5, 5.41) is 12.5. The molecule has 0 fully saturated rings. The molecule has 0 aliphatic carbocycles. The van der Waals surface area contributed by atoms with Crippen LogP contribution in [0.1, 0.15) is 34.6 Å². The van der Waals surface area contributed by atoms with Crippen LogP contribution in [0.15, 0.2) is 0 Å². The zero-order chi connectivity index (χ0) is 10.6. The van der Waals surface area contributed by atoms with E-state index in [1.54, 1.807) is 6.92 Å². The summed E-state index contributed by atoms with van der Waals surface area (Å²) in [5.41, 5.74) is 0. The molecule has 2 atom stereocenters. The molecule has 0 aromatic rings. The molecular weight excluding hydrogens is 166 g/mol. The number of rotatable bonds is 5. The Hall–Kier alpha value is -0.410. The van der Waals surface area contributed by atoms with Crippen molar-refractivity contribution in [3.05, 3.63) is 0 Å². The Labute approximate surface area is 80.5 Å². The summed E-state index contributed by atoms with van der Waals surface area (Å²) in [6.45, 7) is 9.26. The fraction of sp³-hybridized carbons (Fsp3) is 0.900. The summed E-state index contributed by atoms with van der Waals surface area (Å²) >= 11 is 0. The number of aliphatic hydroxyl groups excluding tert-OH is 1. The number of Topliss-reactive ketones (excluding diaryl/α,β-unsaturated/α-hetero) is 1. The summed E-state index contributed by atoms with van der Waals surface area (Å²) in [7, 11) is 0. The fourth-order valence-corrected chi connectivity index (χ4v) is 1.18. The first-order valence-electron chi connectivity index (χ1n) is 4.84. The largest absolute Gasteiger partial charge is 0.391 e. The van der Waals surface area contributed by atoms with Gasteiger partial charge in [-0.2, -0.15) is 0 Å². The lowest BCUT2D eigenvalue weighted by Crippen LogP contribution is -2.49. The van der Waals surface area contributed by atoms with E-state index in [2.05, 4.69) is 5.32 Å². The minimum Gasteiger partial charge on any atom is -0.391 e. The van der Waals surface area contributed by atoms with Gasteiger partial charge in [-0.3, -0.25) is 4.79 Å². The second-order valence-electron chi connectivity index (χ2n) is 4.10. The van der Waals surface area contributed by atoms with Crippen molar-refractivity contribution in [2.45, 2.75) is 52.8 Å². The van der Waals surface area contributed by atoms with E-state index < -0.39 is 12.1 Å². The number of hydrogen-bond donors (Lipinski definition) is 2. The van der Waals surface area contributed by atoms with Gasteiger partial charge in [0.2, 0.25) is 0 Å². The van der Waals surface area contributed by atoms with Crippen LogP contribution in [-0.2, 0) is 4.79 Å². The highest BCUT2D eigenvalue weighted by Gasteiger charge is 2.25. The fourth-order valence-electron chi connectivity index (χ4n) is 1.18. The van der Waals surface area contributed by atoms with Crippen LogP contribution in [0.2, 0.25) is 0 Å². The molecule has 0 amide bonds. The molecule has 0 bridgehead atoms. The van der Waals surface area contributed by atoms with Gasteiger partial charge in [0.15, 0.2) is 5.78 Å². The van der Waals surface area contributed by atoms with E-state index in [1.165, 1.54) is 0 Å². The highest BCUT2D eigenvalue weighted by Crippen LogP contribution is 2.04. The Morgan fingerprint density at radius 1 is 1.15 bits per heavy atom. The molecule has 0 saturated carbocycles. The molecule has 0 aliphatic rings. The SMILES string of the molecule is CC(C)N[C@@H](C(=O)C(C)C)C(C)O. The monoisotopic (exact) mass is 187 g/mol. The maximum atomic E-state index is 11.6. The first-order chi connectivity index (χ1) is 5.86. The van der Waals surface area contributed by atoms with Gasteiger partial charge in [0, 0.05) is 12.0 Å². The molecule has 0 aromatic carbocycles. The summed E-state index contributed by atoms with van der Waals surface area (Å²) in [4.78, 5) is 11.6. The van der Waals surface area contributed by atoms with Crippen LogP contribution >= 0.6 is 0 Å². The van der Waals surface area contributed by atoms with Gasteiger partial charge >= 0.3 is 0 Å². The molecule has 3 nitrogen and oxygen atoms in total. The Morgan fingerprint density at radius 2 is 1.62 bits per heavy atom. The predicted molar refractivity (Wildman–Crippen MR) is 53.6 cm³/mol. The van der Waals surface area contributed by atoms with E-state index in [1.807, 2.05) is 27.7 Å². The molecule has 1 unspecified atom stereocenters. The number of ketones is 1. The second-order valence-corrected chi connectivity index (χ2v) is 4.10. The molecular formula is C10H21NO2. The number of hydrogen-bond acceptors (Lipinski definition) is 3. The van der Waals surface area contributed by atoms with Gasteiger partial charge in [0.05, 0.1) is 12.1 Å². The van der Waals surface area contributed by atoms with Gasteiger partial charge in [0.1, 0.15) is 0 Å². The third-order valence-corrected chi connectivity index (χ3v) is 1.87. The molecule has 0 rings (SSSR count). The van der Waals surface area contributed by atoms with E-state index >= 15 is 0 Å². The van der Waals surface area contributed by atoms with Crippen LogP contribution < -0.4 is 5.32 Å². The topological polar surface area (TPSA) is 49.3 Å². The van der Waals surface area contributed by atoms with Gasteiger partial charge in [-0.25, -0.2) is 0 Å². The average Bonchev–Trinajstić information content (AvgIpc) is 1.97. The molecule has 78 valence electrons. The second kappa shape index (κ2) is 5.35. The molecule has 0 radical (unpaired) electrons. The van der Waals surface area contributed by atoms with Crippen molar-refractivity contribution >= 4 is 5.78 Å². The molecule has 0 aliphatic heterocycles. The normalized spacial score (nSPS) is 16.3. The van der Waals surface area contributed by atoms with Crippen molar-refractivity contribution in [2.75, 3.05) is 0 Å². The summed E-state index contributed by atoms with van der Waals surface area (Å²) in [6.07, 6.45) is -0.628. The van der Waals surface area contributed by atoms with Gasteiger partial charge < -0.3 is 10.4 Å². The first-order valence-corrected chi connectivity index (χ1v) is 4.84. The number of nitrogens with one attached hydrogen (secondary N) is 1. The van der Waals surface area contributed by atoms with E-state index in [-0.39, 0.29) is 17.7 Å². The highest BCUT2D eigenvalue weighted by atomic mass is 16.3. The van der Waals surface area contributed by atoms with E-state index in [9.17, 15) is 9.90 Å². The van der Waals surface area contributed by atoms with Crippen molar-refractivity contribution in [1.29, 1.82) is 0 Å². The molecule has 3 heteroatoms. The number of carbonyl (C=O) groups is 1.